The Morgan fingerprint density at radius 3 is 2.57 bits per heavy atom. The molecular weight excluding hydrogens is 267 g/mol. The second-order valence-electron chi connectivity index (χ2n) is 4.90. The number of hydrogen-bond donors (Lipinski definition) is 2. The molecule has 0 amide bonds. The molecule has 0 fully saturated rings. The van der Waals surface area contributed by atoms with Gasteiger partial charge in [-0.05, 0) is 30.5 Å². The molecule has 3 nitrogen and oxygen atoms in total. The lowest BCUT2D eigenvalue weighted by Crippen LogP contribution is -2.30. The SMILES string of the molecule is CCCOc1ccccc1C(Cc1ccccc1F)NN. The monoisotopic (exact) mass is 288 g/mol. The van der Waals surface area contributed by atoms with Gasteiger partial charge < -0.3 is 4.74 Å². The molecule has 112 valence electrons. The molecule has 0 aromatic heterocycles. The van der Waals surface area contributed by atoms with E-state index in [1.807, 2.05) is 30.3 Å². The maximum atomic E-state index is 13.8. The van der Waals surface area contributed by atoms with Gasteiger partial charge in [-0.15, -0.1) is 0 Å². The summed E-state index contributed by atoms with van der Waals surface area (Å²) in [6, 6.07) is 14.3. The van der Waals surface area contributed by atoms with Crippen LogP contribution >= 0.6 is 0 Å². The van der Waals surface area contributed by atoms with Gasteiger partial charge in [-0.1, -0.05) is 43.3 Å². The number of rotatable bonds is 7. The third-order valence-corrected chi connectivity index (χ3v) is 3.34. The van der Waals surface area contributed by atoms with Crippen LogP contribution in [0.25, 0.3) is 0 Å². The molecule has 4 heteroatoms. The van der Waals surface area contributed by atoms with Crippen molar-refractivity contribution in [2.24, 2.45) is 5.84 Å². The normalized spacial score (nSPS) is 12.1. The maximum Gasteiger partial charge on any atom is 0.126 e. The molecule has 0 saturated heterocycles. The Hall–Kier alpha value is -1.91. The summed E-state index contributed by atoms with van der Waals surface area (Å²) in [5.74, 6) is 6.24. The molecule has 0 aliphatic carbocycles. The van der Waals surface area contributed by atoms with E-state index in [0.717, 1.165) is 17.7 Å². The standard InChI is InChI=1S/C17H21FN2O/c1-2-11-21-17-10-6-4-8-14(17)16(20-19)12-13-7-3-5-9-15(13)18/h3-10,16,20H,2,11-12,19H2,1H3. The van der Waals surface area contributed by atoms with Gasteiger partial charge in [0.2, 0.25) is 0 Å². The molecule has 2 aromatic rings. The lowest BCUT2D eigenvalue weighted by atomic mass is 9.98. The van der Waals surface area contributed by atoms with Gasteiger partial charge in [0.15, 0.2) is 0 Å². The van der Waals surface area contributed by atoms with Crippen LogP contribution in [-0.2, 0) is 6.42 Å². The first-order valence-electron chi connectivity index (χ1n) is 7.17. The van der Waals surface area contributed by atoms with Gasteiger partial charge in [0.05, 0.1) is 12.6 Å². The third kappa shape index (κ3) is 4.03. The number of nitrogens with two attached hydrogens (primary N) is 1. The highest BCUT2D eigenvalue weighted by Gasteiger charge is 2.16. The Balaban J connectivity index is 2.23. The third-order valence-electron chi connectivity index (χ3n) is 3.34. The van der Waals surface area contributed by atoms with Crippen LogP contribution in [0, 0.1) is 5.82 Å². The fourth-order valence-corrected chi connectivity index (χ4v) is 2.25. The molecule has 0 aliphatic rings. The Morgan fingerprint density at radius 1 is 1.14 bits per heavy atom. The minimum Gasteiger partial charge on any atom is -0.493 e. The lowest BCUT2D eigenvalue weighted by molar-refractivity contribution is 0.309. The van der Waals surface area contributed by atoms with Crippen LogP contribution in [0.15, 0.2) is 48.5 Å². The molecule has 1 unspecified atom stereocenters. The summed E-state index contributed by atoms with van der Waals surface area (Å²) in [5, 5.41) is 0. The van der Waals surface area contributed by atoms with Gasteiger partial charge >= 0.3 is 0 Å². The first kappa shape index (κ1) is 15.5. The molecule has 1 atom stereocenters. The Kier molecular flexibility index (Phi) is 5.72. The lowest BCUT2D eigenvalue weighted by Gasteiger charge is -2.20. The van der Waals surface area contributed by atoms with Crippen molar-refractivity contribution in [3.63, 3.8) is 0 Å². The molecule has 3 N–H and O–H groups in total. The zero-order valence-electron chi connectivity index (χ0n) is 12.2. The van der Waals surface area contributed by atoms with Crippen LogP contribution in [0.4, 0.5) is 4.39 Å². The molecule has 0 spiro atoms. The fraction of sp³-hybridized carbons (Fsp3) is 0.294. The predicted octanol–water partition coefficient (Wildman–Crippen LogP) is 3.36. The first-order chi connectivity index (χ1) is 10.3. The van der Waals surface area contributed by atoms with Crippen molar-refractivity contribution in [2.45, 2.75) is 25.8 Å². The second-order valence-corrected chi connectivity index (χ2v) is 4.90. The number of hydrogen-bond acceptors (Lipinski definition) is 3. The highest BCUT2D eigenvalue weighted by Crippen LogP contribution is 2.28. The van der Waals surface area contributed by atoms with E-state index in [1.165, 1.54) is 6.07 Å². The van der Waals surface area contributed by atoms with E-state index in [4.69, 9.17) is 10.6 Å². The predicted molar refractivity (Wildman–Crippen MR) is 82.4 cm³/mol. The van der Waals surface area contributed by atoms with Crippen molar-refractivity contribution in [1.82, 2.24) is 5.43 Å². The van der Waals surface area contributed by atoms with Crippen molar-refractivity contribution < 1.29 is 9.13 Å². The van der Waals surface area contributed by atoms with Crippen LogP contribution in [0.3, 0.4) is 0 Å². The molecule has 0 saturated carbocycles. The average molecular weight is 288 g/mol. The molecule has 2 rings (SSSR count). The van der Waals surface area contributed by atoms with Crippen molar-refractivity contribution in [3.05, 3.63) is 65.5 Å². The summed E-state index contributed by atoms with van der Waals surface area (Å²) in [5.41, 5.74) is 4.34. The van der Waals surface area contributed by atoms with Crippen LogP contribution in [0.5, 0.6) is 5.75 Å². The molecule has 21 heavy (non-hydrogen) atoms. The molecule has 0 radical (unpaired) electrons. The van der Waals surface area contributed by atoms with Gasteiger partial charge in [0.1, 0.15) is 11.6 Å². The average Bonchev–Trinajstić information content (AvgIpc) is 2.52. The van der Waals surface area contributed by atoms with E-state index in [2.05, 4.69) is 12.3 Å². The van der Waals surface area contributed by atoms with Crippen LogP contribution < -0.4 is 16.0 Å². The summed E-state index contributed by atoms with van der Waals surface area (Å²) in [4.78, 5) is 0. The number of benzene rings is 2. The zero-order valence-corrected chi connectivity index (χ0v) is 12.2. The van der Waals surface area contributed by atoms with Gasteiger partial charge in [0.25, 0.3) is 0 Å². The van der Waals surface area contributed by atoms with Gasteiger partial charge in [-0.25, -0.2) is 4.39 Å². The summed E-state index contributed by atoms with van der Waals surface area (Å²) in [7, 11) is 0. The molecule has 0 aliphatic heterocycles. The fourth-order valence-electron chi connectivity index (χ4n) is 2.25. The Labute approximate surface area is 124 Å². The summed E-state index contributed by atoms with van der Waals surface area (Å²) in [6.07, 6.45) is 1.40. The number of halogens is 1. The molecule has 2 aromatic carbocycles. The van der Waals surface area contributed by atoms with E-state index in [-0.39, 0.29) is 11.9 Å². The Bertz CT molecular complexity index is 574. The quantitative estimate of drug-likeness (QED) is 0.606. The maximum absolute atomic E-state index is 13.8. The van der Waals surface area contributed by atoms with Crippen LogP contribution in [0.2, 0.25) is 0 Å². The van der Waals surface area contributed by atoms with Gasteiger partial charge in [-0.3, -0.25) is 11.3 Å². The van der Waals surface area contributed by atoms with E-state index in [0.29, 0.717) is 18.6 Å². The van der Waals surface area contributed by atoms with Gasteiger partial charge in [0, 0.05) is 5.56 Å². The van der Waals surface area contributed by atoms with Crippen LogP contribution in [-0.4, -0.2) is 6.61 Å². The number of nitrogens with one attached hydrogen (secondary N) is 1. The summed E-state index contributed by atoms with van der Waals surface area (Å²) >= 11 is 0. The van der Waals surface area contributed by atoms with E-state index in [9.17, 15) is 4.39 Å². The summed E-state index contributed by atoms with van der Waals surface area (Å²) in [6.45, 7) is 2.70. The van der Waals surface area contributed by atoms with Crippen molar-refractivity contribution in [3.8, 4) is 5.75 Å². The summed E-state index contributed by atoms with van der Waals surface area (Å²) < 4.78 is 19.6. The molecule has 0 heterocycles. The number of hydrazine groups is 1. The highest BCUT2D eigenvalue weighted by atomic mass is 19.1. The number of ether oxygens (including phenoxy) is 1. The minimum absolute atomic E-state index is 0.199. The van der Waals surface area contributed by atoms with E-state index < -0.39 is 0 Å². The highest BCUT2D eigenvalue weighted by molar-refractivity contribution is 5.37. The number of para-hydroxylation sites is 1. The first-order valence-corrected chi connectivity index (χ1v) is 7.17. The van der Waals surface area contributed by atoms with Crippen LogP contribution in [0.1, 0.15) is 30.5 Å². The molecule has 0 bridgehead atoms. The Morgan fingerprint density at radius 2 is 1.86 bits per heavy atom. The van der Waals surface area contributed by atoms with E-state index in [1.54, 1.807) is 12.1 Å². The largest absolute Gasteiger partial charge is 0.493 e. The minimum atomic E-state index is -0.218. The zero-order chi connectivity index (χ0) is 15.1. The van der Waals surface area contributed by atoms with Gasteiger partial charge in [-0.2, -0.15) is 0 Å². The second kappa shape index (κ2) is 7.76. The smallest absolute Gasteiger partial charge is 0.126 e. The van der Waals surface area contributed by atoms with Crippen molar-refractivity contribution >= 4 is 0 Å². The van der Waals surface area contributed by atoms with Crippen molar-refractivity contribution in [1.29, 1.82) is 0 Å². The topological polar surface area (TPSA) is 47.3 Å². The molecular formula is C17H21FN2O. The van der Waals surface area contributed by atoms with E-state index >= 15 is 0 Å². The van der Waals surface area contributed by atoms with Crippen molar-refractivity contribution in [2.75, 3.05) is 6.61 Å².